The van der Waals surface area contributed by atoms with Gasteiger partial charge in [0.1, 0.15) is 9.84 Å². The van der Waals surface area contributed by atoms with Gasteiger partial charge in [0, 0.05) is 51.7 Å². The fraction of sp³-hybridized carbons (Fsp3) is 0.650. The first-order valence-electron chi connectivity index (χ1n) is 9.55. The van der Waals surface area contributed by atoms with E-state index in [9.17, 15) is 8.42 Å². The van der Waals surface area contributed by atoms with Gasteiger partial charge in [-0.1, -0.05) is 26.0 Å². The highest BCUT2D eigenvalue weighted by Crippen LogP contribution is 2.21. The van der Waals surface area contributed by atoms with Crippen LogP contribution in [0.1, 0.15) is 25.8 Å². The summed E-state index contributed by atoms with van der Waals surface area (Å²) in [5.41, 5.74) is 2.45. The van der Waals surface area contributed by atoms with Crippen molar-refractivity contribution in [1.82, 2.24) is 10.2 Å². The second-order valence-corrected chi connectivity index (χ2v) is 10.5. The maximum atomic E-state index is 11.4. The molecule has 0 aliphatic carbocycles. The van der Waals surface area contributed by atoms with Gasteiger partial charge in [-0.15, -0.1) is 24.0 Å². The maximum absolute atomic E-state index is 11.4. The molecule has 0 radical (unpaired) electrons. The molecule has 1 aromatic rings. The van der Waals surface area contributed by atoms with E-state index in [-0.39, 0.29) is 35.1 Å². The van der Waals surface area contributed by atoms with Crippen LogP contribution in [0.25, 0.3) is 0 Å². The van der Waals surface area contributed by atoms with Crippen molar-refractivity contribution in [3.63, 3.8) is 0 Å². The quantitative estimate of drug-likeness (QED) is 0.354. The monoisotopic (exact) mass is 522 g/mol. The van der Waals surface area contributed by atoms with Crippen molar-refractivity contribution in [3.05, 3.63) is 29.8 Å². The van der Waals surface area contributed by atoms with Crippen LogP contribution < -0.4 is 10.2 Å². The number of benzene rings is 1. The third-order valence-electron chi connectivity index (χ3n) is 5.03. The molecule has 0 atom stereocenters. The summed E-state index contributed by atoms with van der Waals surface area (Å²) in [6.45, 7) is 10.8. The molecular formula is C20H35IN4O2S. The molecule has 1 aromatic carbocycles. The Hall–Kier alpha value is -1.03. The van der Waals surface area contributed by atoms with Crippen LogP contribution in [0, 0.1) is 12.3 Å². The van der Waals surface area contributed by atoms with E-state index in [2.05, 4.69) is 65.1 Å². The second kappa shape index (κ2) is 10.7. The molecule has 0 aromatic heterocycles. The van der Waals surface area contributed by atoms with Gasteiger partial charge >= 0.3 is 0 Å². The van der Waals surface area contributed by atoms with Crippen LogP contribution in [-0.4, -0.2) is 71.1 Å². The zero-order valence-corrected chi connectivity index (χ0v) is 20.9. The van der Waals surface area contributed by atoms with Crippen molar-refractivity contribution < 1.29 is 8.42 Å². The van der Waals surface area contributed by atoms with Crippen LogP contribution >= 0.6 is 24.0 Å². The zero-order valence-electron chi connectivity index (χ0n) is 17.7. The molecule has 6 nitrogen and oxygen atoms in total. The Kier molecular flexibility index (Phi) is 9.52. The smallest absolute Gasteiger partial charge is 0.193 e. The van der Waals surface area contributed by atoms with Crippen LogP contribution in [0.4, 0.5) is 5.69 Å². The van der Waals surface area contributed by atoms with Gasteiger partial charge in [-0.05, 0) is 36.5 Å². The molecule has 1 N–H and O–H groups in total. The maximum Gasteiger partial charge on any atom is 0.193 e. The van der Waals surface area contributed by atoms with E-state index in [0.29, 0.717) is 13.0 Å². The second-order valence-electron chi connectivity index (χ2n) is 8.26. The lowest BCUT2D eigenvalue weighted by Crippen LogP contribution is -2.53. The third kappa shape index (κ3) is 8.14. The molecule has 2 rings (SSSR count). The fourth-order valence-corrected chi connectivity index (χ4v) is 4.13. The number of nitrogens with one attached hydrogen (secondary N) is 1. The van der Waals surface area contributed by atoms with Gasteiger partial charge < -0.3 is 15.1 Å². The topological polar surface area (TPSA) is 65.0 Å². The van der Waals surface area contributed by atoms with Crippen molar-refractivity contribution in [3.8, 4) is 0 Å². The Morgan fingerprint density at radius 1 is 1.21 bits per heavy atom. The minimum absolute atomic E-state index is 0. The zero-order chi connectivity index (χ0) is 20.1. The molecule has 160 valence electrons. The standard InChI is InChI=1S/C20H34N4O2S.HI/c1-17-7-6-8-18(15-17)23-10-12-24(13-11-23)19(21-4)22-16-20(2,3)9-14-27(5,25)26;/h6-8,15H,9-14,16H2,1-5H3,(H,21,22);1H. The molecule has 1 heterocycles. The van der Waals surface area contributed by atoms with E-state index in [1.165, 1.54) is 17.5 Å². The van der Waals surface area contributed by atoms with Gasteiger partial charge in [-0.3, -0.25) is 4.99 Å². The average molecular weight is 522 g/mol. The predicted molar refractivity (Wildman–Crippen MR) is 130 cm³/mol. The summed E-state index contributed by atoms with van der Waals surface area (Å²) in [5.74, 6) is 1.11. The van der Waals surface area contributed by atoms with Crippen molar-refractivity contribution in [2.75, 3.05) is 56.7 Å². The van der Waals surface area contributed by atoms with E-state index >= 15 is 0 Å². The Labute approximate surface area is 187 Å². The van der Waals surface area contributed by atoms with E-state index in [0.717, 1.165) is 32.1 Å². The van der Waals surface area contributed by atoms with Crippen LogP contribution in [0.15, 0.2) is 29.3 Å². The van der Waals surface area contributed by atoms with Crippen molar-refractivity contribution >= 4 is 45.5 Å². The first kappa shape index (κ1) is 25.0. The summed E-state index contributed by atoms with van der Waals surface area (Å²) >= 11 is 0. The first-order valence-corrected chi connectivity index (χ1v) is 11.6. The molecule has 0 unspecified atom stereocenters. The number of halogens is 1. The highest BCUT2D eigenvalue weighted by atomic mass is 127. The molecule has 28 heavy (non-hydrogen) atoms. The van der Waals surface area contributed by atoms with Crippen LogP contribution in [-0.2, 0) is 9.84 Å². The minimum atomic E-state index is -2.93. The number of hydrogen-bond acceptors (Lipinski definition) is 4. The van der Waals surface area contributed by atoms with Gasteiger partial charge in [-0.25, -0.2) is 8.42 Å². The predicted octanol–water partition coefficient (Wildman–Crippen LogP) is 2.77. The van der Waals surface area contributed by atoms with Crippen molar-refractivity contribution in [2.24, 2.45) is 10.4 Å². The summed E-state index contributed by atoms with van der Waals surface area (Å²) in [5, 5.41) is 3.44. The highest BCUT2D eigenvalue weighted by Gasteiger charge is 2.24. The van der Waals surface area contributed by atoms with E-state index in [4.69, 9.17) is 0 Å². The molecule has 0 amide bonds. The number of sulfone groups is 1. The number of anilines is 1. The molecule has 0 saturated carbocycles. The van der Waals surface area contributed by atoms with Crippen molar-refractivity contribution in [1.29, 1.82) is 0 Å². The third-order valence-corrected chi connectivity index (χ3v) is 5.98. The number of rotatable bonds is 6. The number of aliphatic imine (C=N–C) groups is 1. The van der Waals surface area contributed by atoms with Gasteiger partial charge in [0.15, 0.2) is 5.96 Å². The lowest BCUT2D eigenvalue weighted by Gasteiger charge is -2.38. The molecule has 1 saturated heterocycles. The molecule has 1 aliphatic rings. The van der Waals surface area contributed by atoms with Crippen molar-refractivity contribution in [2.45, 2.75) is 27.2 Å². The fourth-order valence-electron chi connectivity index (χ4n) is 3.20. The molecule has 1 fully saturated rings. The van der Waals surface area contributed by atoms with Gasteiger partial charge in [-0.2, -0.15) is 0 Å². The summed E-state index contributed by atoms with van der Waals surface area (Å²) in [7, 11) is -1.13. The van der Waals surface area contributed by atoms with Crippen LogP contribution in [0.3, 0.4) is 0 Å². The Morgan fingerprint density at radius 2 is 1.86 bits per heavy atom. The first-order chi connectivity index (χ1) is 12.6. The lowest BCUT2D eigenvalue weighted by molar-refractivity contribution is 0.327. The normalized spacial score (nSPS) is 16.0. The summed E-state index contributed by atoms with van der Waals surface area (Å²) < 4.78 is 22.9. The number of nitrogens with zero attached hydrogens (tertiary/aromatic N) is 3. The Bertz CT molecular complexity index is 757. The molecule has 1 aliphatic heterocycles. The number of piperazine rings is 1. The highest BCUT2D eigenvalue weighted by molar-refractivity contribution is 14.0. The molecular weight excluding hydrogens is 487 g/mol. The Morgan fingerprint density at radius 3 is 2.39 bits per heavy atom. The van der Waals surface area contributed by atoms with E-state index < -0.39 is 9.84 Å². The summed E-state index contributed by atoms with van der Waals surface area (Å²) in [6, 6.07) is 8.63. The number of guanidine groups is 1. The van der Waals surface area contributed by atoms with Crippen LogP contribution in [0.2, 0.25) is 0 Å². The summed E-state index contributed by atoms with van der Waals surface area (Å²) in [4.78, 5) is 9.12. The van der Waals surface area contributed by atoms with Gasteiger partial charge in [0.05, 0.1) is 5.75 Å². The van der Waals surface area contributed by atoms with Gasteiger partial charge in [0.25, 0.3) is 0 Å². The molecule has 0 spiro atoms. The SMILES string of the molecule is CN=C(NCC(C)(C)CCS(C)(=O)=O)N1CCN(c2cccc(C)c2)CC1.I. The lowest BCUT2D eigenvalue weighted by atomic mass is 9.90. The number of hydrogen-bond donors (Lipinski definition) is 1. The van der Waals surface area contributed by atoms with Gasteiger partial charge in [0.2, 0.25) is 0 Å². The van der Waals surface area contributed by atoms with E-state index in [1.807, 2.05) is 0 Å². The molecule has 0 bridgehead atoms. The Balaban J connectivity index is 0.00000392. The largest absolute Gasteiger partial charge is 0.368 e. The summed E-state index contributed by atoms with van der Waals surface area (Å²) in [6.07, 6.45) is 1.93. The average Bonchev–Trinajstić information content (AvgIpc) is 2.61. The minimum Gasteiger partial charge on any atom is -0.368 e. The molecule has 8 heteroatoms. The van der Waals surface area contributed by atoms with E-state index in [1.54, 1.807) is 7.05 Å². The number of aryl methyl sites for hydroxylation is 1. The van der Waals surface area contributed by atoms with Crippen LogP contribution in [0.5, 0.6) is 0 Å².